The minimum absolute atomic E-state index is 0.138. The van der Waals surface area contributed by atoms with Crippen LogP contribution in [-0.4, -0.2) is 12.3 Å². The van der Waals surface area contributed by atoms with Crippen molar-refractivity contribution < 1.29 is 13.7 Å². The second-order valence-electron chi connectivity index (χ2n) is 3.41. The number of methoxy groups -OCH3 is 1. The normalized spacial score (nSPS) is 10.2. The molecule has 0 saturated heterocycles. The van der Waals surface area contributed by atoms with Gasteiger partial charge in [-0.2, -0.15) is 0 Å². The van der Waals surface area contributed by atoms with E-state index in [1.807, 2.05) is 0 Å². The van der Waals surface area contributed by atoms with E-state index in [4.69, 9.17) is 15.0 Å². The molecule has 0 aliphatic rings. The van der Waals surface area contributed by atoms with Crippen molar-refractivity contribution in [3.63, 3.8) is 0 Å². The first-order valence-electron chi connectivity index (χ1n) is 4.97. The van der Waals surface area contributed by atoms with Gasteiger partial charge in [0.1, 0.15) is 0 Å². The molecular formula is C11H12FN3O2. The molecule has 0 spiro atoms. The third kappa shape index (κ3) is 2.47. The van der Waals surface area contributed by atoms with E-state index in [-0.39, 0.29) is 5.75 Å². The molecule has 0 amide bonds. The molecule has 0 saturated carbocycles. The number of benzene rings is 1. The van der Waals surface area contributed by atoms with E-state index in [1.54, 1.807) is 12.3 Å². The Morgan fingerprint density at radius 1 is 1.53 bits per heavy atom. The fraction of sp³-hybridized carbons (Fsp3) is 0.182. The summed E-state index contributed by atoms with van der Waals surface area (Å²) in [6, 6.07) is 4.44. The second-order valence-corrected chi connectivity index (χ2v) is 3.41. The molecule has 0 unspecified atom stereocenters. The maximum atomic E-state index is 13.3. The van der Waals surface area contributed by atoms with Crippen molar-refractivity contribution in [1.82, 2.24) is 5.16 Å². The zero-order chi connectivity index (χ0) is 12.3. The first-order chi connectivity index (χ1) is 8.20. The van der Waals surface area contributed by atoms with Crippen molar-refractivity contribution in [1.29, 1.82) is 0 Å². The van der Waals surface area contributed by atoms with Gasteiger partial charge in [0.05, 0.1) is 31.2 Å². The first kappa shape index (κ1) is 11.3. The van der Waals surface area contributed by atoms with Crippen LogP contribution in [-0.2, 0) is 6.54 Å². The number of hydrogen-bond donors (Lipinski definition) is 2. The zero-order valence-electron chi connectivity index (χ0n) is 9.24. The van der Waals surface area contributed by atoms with E-state index >= 15 is 0 Å². The predicted molar refractivity (Wildman–Crippen MR) is 61.2 cm³/mol. The molecule has 0 bridgehead atoms. The summed E-state index contributed by atoms with van der Waals surface area (Å²) in [6.45, 7) is 0.416. The van der Waals surface area contributed by atoms with Gasteiger partial charge in [-0.1, -0.05) is 5.16 Å². The topological polar surface area (TPSA) is 73.3 Å². The molecule has 1 heterocycles. The summed E-state index contributed by atoms with van der Waals surface area (Å²) in [7, 11) is 1.40. The van der Waals surface area contributed by atoms with Crippen LogP contribution in [0, 0.1) is 5.82 Å². The Morgan fingerprint density at radius 3 is 3.00 bits per heavy atom. The summed E-state index contributed by atoms with van der Waals surface area (Å²) in [5, 5.41) is 6.59. The number of ether oxygens (including phenoxy) is 1. The van der Waals surface area contributed by atoms with Gasteiger partial charge in [0.25, 0.3) is 0 Å². The number of nitrogen functional groups attached to an aromatic ring is 1. The number of anilines is 2. The molecule has 3 N–H and O–H groups in total. The SMILES string of the molecule is COc1cc(NCc2ccno2)c(N)cc1F. The van der Waals surface area contributed by atoms with Crippen LogP contribution in [0.4, 0.5) is 15.8 Å². The van der Waals surface area contributed by atoms with Gasteiger partial charge in [0.2, 0.25) is 0 Å². The van der Waals surface area contributed by atoms with Crippen molar-refractivity contribution in [2.24, 2.45) is 0 Å². The zero-order valence-corrected chi connectivity index (χ0v) is 9.24. The molecule has 90 valence electrons. The lowest BCUT2D eigenvalue weighted by Crippen LogP contribution is -2.03. The summed E-state index contributed by atoms with van der Waals surface area (Å²) < 4.78 is 23.1. The van der Waals surface area contributed by atoms with Crippen molar-refractivity contribution in [3.8, 4) is 5.75 Å². The lowest BCUT2D eigenvalue weighted by atomic mass is 10.2. The Balaban J connectivity index is 2.15. The Bertz CT molecular complexity index is 500. The van der Waals surface area contributed by atoms with Gasteiger partial charge in [-0.15, -0.1) is 0 Å². The number of hydrogen-bond acceptors (Lipinski definition) is 5. The maximum absolute atomic E-state index is 13.3. The Hall–Kier alpha value is -2.24. The Kier molecular flexibility index (Phi) is 3.13. The third-order valence-corrected chi connectivity index (χ3v) is 2.27. The number of halogens is 1. The quantitative estimate of drug-likeness (QED) is 0.796. The highest BCUT2D eigenvalue weighted by Crippen LogP contribution is 2.28. The highest BCUT2D eigenvalue weighted by atomic mass is 19.1. The molecule has 17 heavy (non-hydrogen) atoms. The van der Waals surface area contributed by atoms with Crippen LogP contribution in [0.1, 0.15) is 5.76 Å². The van der Waals surface area contributed by atoms with Crippen LogP contribution < -0.4 is 15.8 Å². The van der Waals surface area contributed by atoms with Crippen LogP contribution >= 0.6 is 0 Å². The number of nitrogens with one attached hydrogen (secondary N) is 1. The smallest absolute Gasteiger partial charge is 0.167 e. The van der Waals surface area contributed by atoms with E-state index in [2.05, 4.69) is 10.5 Å². The highest BCUT2D eigenvalue weighted by molar-refractivity contribution is 5.68. The van der Waals surface area contributed by atoms with Gasteiger partial charge in [0.15, 0.2) is 17.3 Å². The van der Waals surface area contributed by atoms with Crippen LogP contribution in [0.25, 0.3) is 0 Å². The Labute approximate surface area is 97.4 Å². The fourth-order valence-electron chi connectivity index (χ4n) is 1.39. The summed E-state index contributed by atoms with van der Waals surface area (Å²) >= 11 is 0. The minimum Gasteiger partial charge on any atom is -0.494 e. The van der Waals surface area contributed by atoms with Crippen LogP contribution in [0.15, 0.2) is 28.9 Å². The summed E-state index contributed by atoms with van der Waals surface area (Å²) in [4.78, 5) is 0. The predicted octanol–water partition coefficient (Wildman–Crippen LogP) is 2.02. The van der Waals surface area contributed by atoms with Gasteiger partial charge in [-0.25, -0.2) is 4.39 Å². The molecule has 1 aromatic heterocycles. The average Bonchev–Trinajstić information content (AvgIpc) is 2.81. The number of nitrogens with two attached hydrogens (primary N) is 1. The number of aromatic nitrogens is 1. The molecule has 0 aliphatic carbocycles. The molecule has 0 atom stereocenters. The van der Waals surface area contributed by atoms with E-state index < -0.39 is 5.82 Å². The van der Waals surface area contributed by atoms with Crippen molar-refractivity contribution in [2.45, 2.75) is 6.54 Å². The second kappa shape index (κ2) is 4.73. The molecule has 0 aliphatic heterocycles. The third-order valence-electron chi connectivity index (χ3n) is 2.27. The van der Waals surface area contributed by atoms with Crippen molar-refractivity contribution >= 4 is 11.4 Å². The summed E-state index contributed by atoms with van der Waals surface area (Å²) in [5.41, 5.74) is 6.57. The van der Waals surface area contributed by atoms with E-state index in [1.165, 1.54) is 19.2 Å². The van der Waals surface area contributed by atoms with Crippen LogP contribution in [0.3, 0.4) is 0 Å². The maximum Gasteiger partial charge on any atom is 0.167 e. The average molecular weight is 237 g/mol. The van der Waals surface area contributed by atoms with Crippen molar-refractivity contribution in [2.75, 3.05) is 18.2 Å². The monoisotopic (exact) mass is 237 g/mol. The molecule has 2 rings (SSSR count). The highest BCUT2D eigenvalue weighted by Gasteiger charge is 2.08. The summed E-state index contributed by atoms with van der Waals surface area (Å²) in [6.07, 6.45) is 1.55. The lowest BCUT2D eigenvalue weighted by molar-refractivity contribution is 0.385. The molecule has 5 nitrogen and oxygen atoms in total. The molecule has 1 aromatic carbocycles. The van der Waals surface area contributed by atoms with E-state index in [9.17, 15) is 4.39 Å². The van der Waals surface area contributed by atoms with Gasteiger partial charge in [-0.05, 0) is 0 Å². The van der Waals surface area contributed by atoms with Crippen molar-refractivity contribution in [3.05, 3.63) is 36.0 Å². The number of rotatable bonds is 4. The summed E-state index contributed by atoms with van der Waals surface area (Å²) in [5.74, 6) is 0.308. The molecule has 0 fully saturated rings. The lowest BCUT2D eigenvalue weighted by Gasteiger charge is -2.10. The molecule has 6 heteroatoms. The first-order valence-corrected chi connectivity index (χ1v) is 4.97. The number of nitrogens with zero attached hydrogens (tertiary/aromatic N) is 1. The standard InChI is InChI=1S/C11H12FN3O2/c1-16-11-5-10(9(13)4-8(11)12)14-6-7-2-3-15-17-7/h2-5,14H,6,13H2,1H3. The minimum atomic E-state index is -0.491. The fourth-order valence-corrected chi connectivity index (χ4v) is 1.39. The van der Waals surface area contributed by atoms with Gasteiger partial charge < -0.3 is 20.3 Å². The van der Waals surface area contributed by atoms with Gasteiger partial charge >= 0.3 is 0 Å². The van der Waals surface area contributed by atoms with Gasteiger partial charge in [-0.3, -0.25) is 0 Å². The van der Waals surface area contributed by atoms with E-state index in [0.29, 0.717) is 23.7 Å². The van der Waals surface area contributed by atoms with Crippen LogP contribution in [0.5, 0.6) is 5.75 Å². The molecular weight excluding hydrogens is 225 g/mol. The Morgan fingerprint density at radius 2 is 2.35 bits per heavy atom. The largest absolute Gasteiger partial charge is 0.494 e. The molecule has 2 aromatic rings. The molecule has 0 radical (unpaired) electrons. The van der Waals surface area contributed by atoms with E-state index in [0.717, 1.165) is 0 Å². The van der Waals surface area contributed by atoms with Crippen LogP contribution in [0.2, 0.25) is 0 Å². The van der Waals surface area contributed by atoms with Gasteiger partial charge in [0, 0.05) is 18.2 Å².